The van der Waals surface area contributed by atoms with Crippen molar-refractivity contribution in [1.82, 2.24) is 0 Å². The molecule has 0 aromatic heterocycles. The highest BCUT2D eigenvalue weighted by Crippen LogP contribution is 2.75. The van der Waals surface area contributed by atoms with Gasteiger partial charge in [0, 0.05) is 19.3 Å². The molecule has 0 aromatic carbocycles. The quantitative estimate of drug-likeness (QED) is 0.274. The summed E-state index contributed by atoms with van der Waals surface area (Å²) in [4.78, 5) is 24.0. The molecule has 4 heteroatoms. The van der Waals surface area contributed by atoms with Gasteiger partial charge < -0.3 is 9.47 Å². The van der Waals surface area contributed by atoms with Gasteiger partial charge in [-0.3, -0.25) is 9.59 Å². The van der Waals surface area contributed by atoms with Crippen molar-refractivity contribution in [3.05, 3.63) is 11.6 Å². The van der Waals surface area contributed by atoms with E-state index < -0.39 is 0 Å². The van der Waals surface area contributed by atoms with Crippen LogP contribution in [0.2, 0.25) is 0 Å². The van der Waals surface area contributed by atoms with Gasteiger partial charge in [-0.25, -0.2) is 0 Å². The summed E-state index contributed by atoms with van der Waals surface area (Å²) < 4.78 is 11.7. The fraction of sp³-hybridized carbons (Fsp3) is 0.882. The van der Waals surface area contributed by atoms with Crippen LogP contribution in [0.5, 0.6) is 0 Å². The maximum absolute atomic E-state index is 12.1. The maximum atomic E-state index is 12.1. The van der Waals surface area contributed by atoms with E-state index in [0.29, 0.717) is 35.2 Å². The average Bonchev–Trinajstić information content (AvgIpc) is 2.81. The summed E-state index contributed by atoms with van der Waals surface area (Å²) in [5.41, 5.74) is 2.93. The van der Waals surface area contributed by atoms with Crippen molar-refractivity contribution in [3.8, 4) is 0 Å². The van der Waals surface area contributed by atoms with Crippen molar-refractivity contribution in [1.29, 1.82) is 0 Å². The lowest BCUT2D eigenvalue weighted by Gasteiger charge is -2.71. The number of carbonyl (C=O) groups is 2. The van der Waals surface area contributed by atoms with E-state index >= 15 is 0 Å². The Morgan fingerprint density at radius 3 is 2.18 bits per heavy atom. The van der Waals surface area contributed by atoms with E-state index in [4.69, 9.17) is 9.47 Å². The molecule has 4 fully saturated rings. The van der Waals surface area contributed by atoms with Crippen molar-refractivity contribution in [3.63, 3.8) is 0 Å². The van der Waals surface area contributed by atoms with Gasteiger partial charge >= 0.3 is 11.9 Å². The van der Waals surface area contributed by atoms with Gasteiger partial charge in [0.05, 0.1) is 0 Å². The fourth-order valence-corrected chi connectivity index (χ4v) is 11.2. The van der Waals surface area contributed by atoms with Gasteiger partial charge in [0.2, 0.25) is 0 Å². The van der Waals surface area contributed by atoms with E-state index in [1.54, 1.807) is 5.57 Å². The average molecular weight is 527 g/mol. The van der Waals surface area contributed by atoms with Gasteiger partial charge in [-0.2, -0.15) is 0 Å². The van der Waals surface area contributed by atoms with Gasteiger partial charge in [-0.1, -0.05) is 60.1 Å². The van der Waals surface area contributed by atoms with E-state index in [1.165, 1.54) is 52.4 Å². The Bertz CT molecular complexity index is 1030. The second kappa shape index (κ2) is 8.84. The van der Waals surface area contributed by atoms with E-state index in [9.17, 15) is 9.59 Å². The highest BCUT2D eigenvalue weighted by molar-refractivity contribution is 5.66. The Balaban J connectivity index is 1.53. The molecular weight excluding hydrogens is 472 g/mol. The van der Waals surface area contributed by atoms with Crippen LogP contribution in [0.15, 0.2) is 11.6 Å². The largest absolute Gasteiger partial charge is 0.465 e. The fourth-order valence-electron chi connectivity index (χ4n) is 11.2. The Labute approximate surface area is 232 Å². The third kappa shape index (κ3) is 3.96. The number of fused-ring (bicyclic) bond motifs is 7. The first-order valence-electron chi connectivity index (χ1n) is 15.5. The van der Waals surface area contributed by atoms with Crippen molar-refractivity contribution >= 4 is 11.9 Å². The van der Waals surface area contributed by atoms with E-state index in [2.05, 4.69) is 54.5 Å². The molecule has 0 aromatic rings. The minimum atomic E-state index is -0.366. The summed E-state index contributed by atoms with van der Waals surface area (Å²) >= 11 is 0. The van der Waals surface area contributed by atoms with Gasteiger partial charge in [-0.15, -0.1) is 0 Å². The predicted octanol–water partition coefficient (Wildman–Crippen LogP) is 8.28. The Morgan fingerprint density at radius 1 is 0.842 bits per heavy atom. The molecule has 0 amide bonds. The first-order valence-corrected chi connectivity index (χ1v) is 15.5. The Hall–Kier alpha value is -1.32. The maximum Gasteiger partial charge on any atom is 0.302 e. The highest BCUT2D eigenvalue weighted by Gasteiger charge is 2.69. The minimum Gasteiger partial charge on any atom is -0.465 e. The standard InChI is InChI=1S/C34H54O4/c1-22(35)37-21-32(7)26-12-15-34(9)27(31(26,6)14-13-28(32)38-23(2)36)11-10-24-25-20-29(3,4)16-17-30(25,5)18-19-33(24,34)8/h10,25-28H,11-21H2,1-9H3/t25-,26+,27+,28-,30+,31-,32+,33+,34+/m0/s1. The lowest BCUT2D eigenvalue weighted by atomic mass is 9.33. The molecule has 0 bridgehead atoms. The number of rotatable bonds is 3. The van der Waals surface area contributed by atoms with Crippen molar-refractivity contribution in [2.45, 2.75) is 133 Å². The predicted molar refractivity (Wildman–Crippen MR) is 151 cm³/mol. The zero-order chi connectivity index (χ0) is 27.9. The molecule has 0 spiro atoms. The summed E-state index contributed by atoms with van der Waals surface area (Å²) in [5, 5.41) is 0. The van der Waals surface area contributed by atoms with Crippen molar-refractivity contribution in [2.24, 2.45) is 50.2 Å². The van der Waals surface area contributed by atoms with Gasteiger partial charge in [0.25, 0.3) is 0 Å². The molecule has 4 saturated carbocycles. The molecule has 0 N–H and O–H groups in total. The van der Waals surface area contributed by atoms with Crippen molar-refractivity contribution in [2.75, 3.05) is 6.61 Å². The summed E-state index contributed by atoms with van der Waals surface area (Å²) in [5.74, 6) is 1.16. The molecule has 38 heavy (non-hydrogen) atoms. The first-order chi connectivity index (χ1) is 17.5. The SMILES string of the molecule is CC(=O)OC[C@]1(C)[C@@H]2CC[C@]3(C)[C@H](CC=C4[C@@H]5CC(C)(C)CC[C@]5(C)CC[C@]43C)[C@@]2(C)CC[C@@H]1OC(C)=O. The molecular formula is C34H54O4. The van der Waals surface area contributed by atoms with E-state index in [1.807, 2.05) is 0 Å². The molecule has 0 radical (unpaired) electrons. The minimum absolute atomic E-state index is 0.121. The number of hydrogen-bond acceptors (Lipinski definition) is 4. The number of esters is 2. The lowest BCUT2D eigenvalue weighted by molar-refractivity contribution is -0.225. The molecule has 214 valence electrons. The third-order valence-corrected chi connectivity index (χ3v) is 13.7. The molecule has 4 nitrogen and oxygen atoms in total. The van der Waals surface area contributed by atoms with Gasteiger partial charge in [0.15, 0.2) is 0 Å². The highest BCUT2D eigenvalue weighted by atomic mass is 16.6. The lowest BCUT2D eigenvalue weighted by Crippen LogP contribution is -2.65. The van der Waals surface area contributed by atoms with Crippen LogP contribution in [0.4, 0.5) is 0 Å². The first kappa shape index (κ1) is 28.2. The molecule has 9 atom stereocenters. The molecule has 5 aliphatic rings. The van der Waals surface area contributed by atoms with Crippen LogP contribution in [0.1, 0.15) is 127 Å². The third-order valence-electron chi connectivity index (χ3n) is 13.7. The topological polar surface area (TPSA) is 52.6 Å². The van der Waals surface area contributed by atoms with E-state index in [-0.39, 0.29) is 39.7 Å². The van der Waals surface area contributed by atoms with Crippen LogP contribution in [-0.4, -0.2) is 24.6 Å². The van der Waals surface area contributed by atoms with Crippen LogP contribution in [0, 0.1) is 50.2 Å². The van der Waals surface area contributed by atoms with Crippen molar-refractivity contribution < 1.29 is 19.1 Å². The molecule has 5 rings (SSSR count). The van der Waals surface area contributed by atoms with Crippen LogP contribution in [0.3, 0.4) is 0 Å². The molecule has 0 saturated heterocycles. The second-order valence-corrected chi connectivity index (χ2v) is 16.3. The number of hydrogen-bond donors (Lipinski definition) is 0. The van der Waals surface area contributed by atoms with Crippen LogP contribution in [0.25, 0.3) is 0 Å². The monoisotopic (exact) mass is 526 g/mol. The van der Waals surface area contributed by atoms with Crippen LogP contribution >= 0.6 is 0 Å². The summed E-state index contributed by atoms with van der Waals surface area (Å²) in [7, 11) is 0. The number of allylic oxidation sites excluding steroid dienone is 2. The summed E-state index contributed by atoms with van der Waals surface area (Å²) in [6.07, 6.45) is 14.6. The zero-order valence-electron chi connectivity index (χ0n) is 25.8. The van der Waals surface area contributed by atoms with E-state index in [0.717, 1.165) is 25.7 Å². The smallest absolute Gasteiger partial charge is 0.302 e. The van der Waals surface area contributed by atoms with Crippen LogP contribution in [-0.2, 0) is 19.1 Å². The summed E-state index contributed by atoms with van der Waals surface area (Å²) in [6.45, 7) is 21.0. The Kier molecular flexibility index (Phi) is 6.56. The number of carbonyl (C=O) groups excluding carboxylic acids is 2. The summed E-state index contributed by atoms with van der Waals surface area (Å²) in [6, 6.07) is 0. The molecule has 5 aliphatic carbocycles. The molecule has 0 aliphatic heterocycles. The van der Waals surface area contributed by atoms with Gasteiger partial charge in [0.1, 0.15) is 12.7 Å². The molecule has 0 unspecified atom stereocenters. The molecule has 0 heterocycles. The second-order valence-electron chi connectivity index (χ2n) is 16.3. The zero-order valence-corrected chi connectivity index (χ0v) is 25.8. The normalized spacial score (nSPS) is 49.3. The van der Waals surface area contributed by atoms with Crippen LogP contribution < -0.4 is 0 Å². The Morgan fingerprint density at radius 2 is 1.53 bits per heavy atom. The van der Waals surface area contributed by atoms with Gasteiger partial charge in [-0.05, 0) is 109 Å². The number of ether oxygens (including phenoxy) is 2.